The SMILES string of the molecule is CC(CCl)CS(=O)(=O)N1CCN(c2ccccc2O)CC1. The largest absolute Gasteiger partial charge is 0.506 e. The summed E-state index contributed by atoms with van der Waals surface area (Å²) in [5.41, 5.74) is 0.753. The lowest BCUT2D eigenvalue weighted by Gasteiger charge is -2.35. The van der Waals surface area contributed by atoms with E-state index in [-0.39, 0.29) is 17.4 Å². The fraction of sp³-hybridized carbons (Fsp3) is 0.571. The Morgan fingerprint density at radius 2 is 1.86 bits per heavy atom. The summed E-state index contributed by atoms with van der Waals surface area (Å²) >= 11 is 5.70. The van der Waals surface area contributed by atoms with Crippen LogP contribution in [0.3, 0.4) is 0 Å². The van der Waals surface area contributed by atoms with E-state index in [1.54, 1.807) is 12.1 Å². The molecule has 1 aliphatic heterocycles. The molecule has 0 aromatic heterocycles. The van der Waals surface area contributed by atoms with Gasteiger partial charge in [0, 0.05) is 32.1 Å². The van der Waals surface area contributed by atoms with Gasteiger partial charge in [-0.15, -0.1) is 11.6 Å². The van der Waals surface area contributed by atoms with E-state index in [0.29, 0.717) is 32.1 Å². The van der Waals surface area contributed by atoms with Crippen molar-refractivity contribution in [1.82, 2.24) is 4.31 Å². The van der Waals surface area contributed by atoms with Gasteiger partial charge in [0.15, 0.2) is 0 Å². The second-order valence-corrected chi connectivity index (χ2v) is 7.74. The maximum absolute atomic E-state index is 12.3. The number of hydrogen-bond donors (Lipinski definition) is 1. The number of alkyl halides is 1. The number of piperazine rings is 1. The zero-order valence-corrected chi connectivity index (χ0v) is 13.6. The predicted molar refractivity (Wildman–Crippen MR) is 85.6 cm³/mol. The van der Waals surface area contributed by atoms with E-state index in [4.69, 9.17) is 11.6 Å². The van der Waals surface area contributed by atoms with Gasteiger partial charge in [0.1, 0.15) is 5.75 Å². The van der Waals surface area contributed by atoms with E-state index in [2.05, 4.69) is 0 Å². The Labute approximate surface area is 131 Å². The first-order valence-corrected chi connectivity index (χ1v) is 9.15. The highest BCUT2D eigenvalue weighted by atomic mass is 35.5. The number of benzene rings is 1. The number of para-hydroxylation sites is 2. The van der Waals surface area contributed by atoms with Crippen molar-refractivity contribution in [3.63, 3.8) is 0 Å². The Balaban J connectivity index is 1.99. The number of nitrogens with zero attached hydrogens (tertiary/aromatic N) is 2. The van der Waals surface area contributed by atoms with Gasteiger partial charge >= 0.3 is 0 Å². The second-order valence-electron chi connectivity index (χ2n) is 5.41. The van der Waals surface area contributed by atoms with Crippen LogP contribution in [0.4, 0.5) is 5.69 Å². The maximum atomic E-state index is 12.3. The lowest BCUT2D eigenvalue weighted by atomic mass is 10.2. The molecule has 0 spiro atoms. The fourth-order valence-electron chi connectivity index (χ4n) is 2.45. The Morgan fingerprint density at radius 1 is 1.24 bits per heavy atom. The molecule has 7 heteroatoms. The van der Waals surface area contributed by atoms with Crippen molar-refractivity contribution in [3.05, 3.63) is 24.3 Å². The normalized spacial score (nSPS) is 18.7. The Morgan fingerprint density at radius 3 is 2.43 bits per heavy atom. The Kier molecular flexibility index (Phi) is 5.35. The average Bonchev–Trinajstić information content (AvgIpc) is 2.47. The van der Waals surface area contributed by atoms with Gasteiger partial charge < -0.3 is 10.0 Å². The van der Waals surface area contributed by atoms with Crippen LogP contribution in [-0.4, -0.2) is 55.6 Å². The lowest BCUT2D eigenvalue weighted by Crippen LogP contribution is -2.49. The van der Waals surface area contributed by atoms with Gasteiger partial charge in [-0.25, -0.2) is 8.42 Å². The minimum absolute atomic E-state index is 0.0483. The highest BCUT2D eigenvalue weighted by molar-refractivity contribution is 7.89. The van der Waals surface area contributed by atoms with Gasteiger partial charge in [-0.05, 0) is 18.1 Å². The number of phenols is 1. The van der Waals surface area contributed by atoms with Crippen molar-refractivity contribution in [1.29, 1.82) is 0 Å². The molecule has 1 fully saturated rings. The van der Waals surface area contributed by atoms with E-state index in [9.17, 15) is 13.5 Å². The summed E-state index contributed by atoms with van der Waals surface area (Å²) in [5, 5.41) is 9.85. The molecule has 1 aromatic carbocycles. The molecule has 1 saturated heterocycles. The third kappa shape index (κ3) is 4.02. The van der Waals surface area contributed by atoms with Gasteiger partial charge in [0.2, 0.25) is 10.0 Å². The maximum Gasteiger partial charge on any atom is 0.214 e. The fourth-order valence-corrected chi connectivity index (χ4v) is 4.45. The third-order valence-corrected chi connectivity index (χ3v) is 6.28. The first kappa shape index (κ1) is 16.4. The van der Waals surface area contributed by atoms with Crippen molar-refractivity contribution in [2.24, 2.45) is 5.92 Å². The first-order chi connectivity index (χ1) is 9.94. The summed E-state index contributed by atoms with van der Waals surface area (Å²) in [4.78, 5) is 2.01. The number of halogens is 1. The number of sulfonamides is 1. The van der Waals surface area contributed by atoms with Crippen LogP contribution >= 0.6 is 11.6 Å². The molecule has 2 rings (SSSR count). The molecule has 1 aromatic rings. The summed E-state index contributed by atoms with van der Waals surface area (Å²) in [7, 11) is -3.25. The predicted octanol–water partition coefficient (Wildman–Crippen LogP) is 1.72. The van der Waals surface area contributed by atoms with Gasteiger partial charge in [0.05, 0.1) is 11.4 Å². The minimum Gasteiger partial charge on any atom is -0.506 e. The van der Waals surface area contributed by atoms with Crippen LogP contribution in [0.5, 0.6) is 5.75 Å². The molecule has 21 heavy (non-hydrogen) atoms. The van der Waals surface area contributed by atoms with E-state index in [1.807, 2.05) is 24.0 Å². The summed E-state index contributed by atoms with van der Waals surface area (Å²) in [6.45, 7) is 3.86. The summed E-state index contributed by atoms with van der Waals surface area (Å²) < 4.78 is 26.0. The number of aromatic hydroxyl groups is 1. The number of anilines is 1. The molecule has 5 nitrogen and oxygen atoms in total. The van der Waals surface area contributed by atoms with E-state index in [1.165, 1.54) is 4.31 Å². The van der Waals surface area contributed by atoms with Gasteiger partial charge in [-0.3, -0.25) is 0 Å². The lowest BCUT2D eigenvalue weighted by molar-refractivity contribution is 0.379. The molecular formula is C14H21ClN2O3S. The van der Waals surface area contributed by atoms with Crippen molar-refractivity contribution in [2.45, 2.75) is 6.92 Å². The molecule has 0 aliphatic carbocycles. The molecule has 0 amide bonds. The summed E-state index contributed by atoms with van der Waals surface area (Å²) in [5.74, 6) is 0.613. The van der Waals surface area contributed by atoms with Crippen LogP contribution in [0, 0.1) is 5.92 Å². The number of hydrogen-bond acceptors (Lipinski definition) is 4. The van der Waals surface area contributed by atoms with Crippen molar-refractivity contribution < 1.29 is 13.5 Å². The van der Waals surface area contributed by atoms with Crippen molar-refractivity contribution >= 4 is 27.3 Å². The van der Waals surface area contributed by atoms with E-state index in [0.717, 1.165) is 5.69 Å². The molecular weight excluding hydrogens is 312 g/mol. The Bertz CT molecular complexity index is 571. The highest BCUT2D eigenvalue weighted by Crippen LogP contribution is 2.27. The van der Waals surface area contributed by atoms with E-state index < -0.39 is 10.0 Å². The third-order valence-electron chi connectivity index (χ3n) is 3.61. The summed E-state index contributed by atoms with van der Waals surface area (Å²) in [6.07, 6.45) is 0. The van der Waals surface area contributed by atoms with Crippen LogP contribution < -0.4 is 4.90 Å². The van der Waals surface area contributed by atoms with Gasteiger partial charge in [-0.2, -0.15) is 4.31 Å². The molecule has 1 atom stereocenters. The molecule has 1 unspecified atom stereocenters. The van der Waals surface area contributed by atoms with Crippen LogP contribution in [-0.2, 0) is 10.0 Å². The molecule has 1 N–H and O–H groups in total. The van der Waals surface area contributed by atoms with Crippen LogP contribution in [0.1, 0.15) is 6.92 Å². The van der Waals surface area contributed by atoms with Crippen LogP contribution in [0.15, 0.2) is 24.3 Å². The molecule has 1 heterocycles. The van der Waals surface area contributed by atoms with Crippen molar-refractivity contribution in [3.8, 4) is 5.75 Å². The molecule has 0 radical (unpaired) electrons. The number of rotatable bonds is 5. The first-order valence-electron chi connectivity index (χ1n) is 7.01. The summed E-state index contributed by atoms with van der Waals surface area (Å²) in [6, 6.07) is 7.11. The van der Waals surface area contributed by atoms with Gasteiger partial charge in [-0.1, -0.05) is 19.1 Å². The topological polar surface area (TPSA) is 60.9 Å². The molecule has 1 aliphatic rings. The van der Waals surface area contributed by atoms with Crippen LogP contribution in [0.25, 0.3) is 0 Å². The monoisotopic (exact) mass is 332 g/mol. The van der Waals surface area contributed by atoms with E-state index >= 15 is 0 Å². The molecule has 118 valence electrons. The minimum atomic E-state index is -3.25. The van der Waals surface area contributed by atoms with Crippen LogP contribution in [0.2, 0.25) is 0 Å². The Hall–Kier alpha value is -0.980. The number of phenolic OH excluding ortho intramolecular Hbond substituents is 1. The zero-order valence-electron chi connectivity index (χ0n) is 12.1. The smallest absolute Gasteiger partial charge is 0.214 e. The molecule has 0 saturated carbocycles. The quantitative estimate of drug-likeness (QED) is 0.834. The second kappa shape index (κ2) is 6.85. The standard InChI is InChI=1S/C14H21ClN2O3S/c1-12(10-15)11-21(19,20)17-8-6-16(7-9-17)13-4-2-3-5-14(13)18/h2-5,12,18H,6-11H2,1H3. The average molecular weight is 333 g/mol. The molecule has 0 bridgehead atoms. The highest BCUT2D eigenvalue weighted by Gasteiger charge is 2.28. The van der Waals surface area contributed by atoms with Gasteiger partial charge in [0.25, 0.3) is 0 Å². The zero-order chi connectivity index (χ0) is 15.5. The van der Waals surface area contributed by atoms with Crippen molar-refractivity contribution in [2.75, 3.05) is 42.7 Å².